The summed E-state index contributed by atoms with van der Waals surface area (Å²) in [4.78, 5) is 4.69. The molecule has 0 aliphatic carbocycles. The zero-order valence-corrected chi connectivity index (χ0v) is 15.2. The Labute approximate surface area is 158 Å². The number of para-hydroxylation sites is 2. The van der Waals surface area contributed by atoms with Gasteiger partial charge in [-0.1, -0.05) is 54.6 Å². The molecule has 1 N–H and O–H groups in total. The van der Waals surface area contributed by atoms with Crippen LogP contribution in [0.4, 0.5) is 0 Å². The Bertz CT molecular complexity index is 1040. The summed E-state index contributed by atoms with van der Waals surface area (Å²) < 4.78 is 7.96. The molecular weight excluding hydrogens is 336 g/mol. The zero-order valence-electron chi connectivity index (χ0n) is 15.2. The van der Waals surface area contributed by atoms with Gasteiger partial charge in [0.15, 0.2) is 0 Å². The molecule has 0 aliphatic heterocycles. The predicted molar refractivity (Wildman–Crippen MR) is 107 cm³/mol. The van der Waals surface area contributed by atoms with Gasteiger partial charge in [-0.25, -0.2) is 4.98 Å². The van der Waals surface area contributed by atoms with E-state index in [1.807, 2.05) is 90.4 Å². The molecule has 3 aromatic carbocycles. The highest BCUT2D eigenvalue weighted by Gasteiger charge is 2.19. The summed E-state index contributed by atoms with van der Waals surface area (Å²) in [5, 5.41) is 10.9. The Kier molecular flexibility index (Phi) is 4.90. The van der Waals surface area contributed by atoms with Crippen molar-refractivity contribution in [3.63, 3.8) is 0 Å². The third-order valence-electron chi connectivity index (χ3n) is 4.62. The van der Waals surface area contributed by atoms with E-state index in [1.165, 1.54) is 5.56 Å². The Hall–Kier alpha value is -3.11. The molecule has 1 aromatic heterocycles. The number of imidazole rings is 1. The molecule has 4 nitrogen and oxygen atoms in total. The highest BCUT2D eigenvalue weighted by atomic mass is 16.5. The van der Waals surface area contributed by atoms with Gasteiger partial charge in [0.1, 0.15) is 24.3 Å². The quantitative estimate of drug-likeness (QED) is 0.552. The van der Waals surface area contributed by atoms with E-state index >= 15 is 0 Å². The second kappa shape index (κ2) is 7.64. The molecule has 0 saturated heterocycles. The van der Waals surface area contributed by atoms with Gasteiger partial charge in [-0.15, -0.1) is 0 Å². The van der Waals surface area contributed by atoms with Crippen molar-refractivity contribution < 1.29 is 9.84 Å². The Morgan fingerprint density at radius 1 is 0.963 bits per heavy atom. The molecule has 1 atom stereocenters. The Balaban J connectivity index is 1.62. The minimum Gasteiger partial charge on any atom is -0.492 e. The van der Waals surface area contributed by atoms with Crippen molar-refractivity contribution >= 4 is 11.0 Å². The first kappa shape index (κ1) is 17.3. The highest BCUT2D eigenvalue weighted by molar-refractivity contribution is 5.76. The lowest BCUT2D eigenvalue weighted by Gasteiger charge is -2.15. The molecule has 0 fully saturated rings. The summed E-state index contributed by atoms with van der Waals surface area (Å²) in [6, 6.07) is 25.6. The summed E-state index contributed by atoms with van der Waals surface area (Å²) in [6.45, 7) is 3.15. The van der Waals surface area contributed by atoms with Crippen LogP contribution in [0.2, 0.25) is 0 Å². The van der Waals surface area contributed by atoms with Gasteiger partial charge in [0, 0.05) is 0 Å². The van der Waals surface area contributed by atoms with Gasteiger partial charge >= 0.3 is 0 Å². The van der Waals surface area contributed by atoms with Crippen molar-refractivity contribution in [3.8, 4) is 5.75 Å². The number of aliphatic hydroxyl groups excluding tert-OH is 1. The van der Waals surface area contributed by atoms with E-state index in [2.05, 4.69) is 4.98 Å². The molecule has 0 aliphatic rings. The van der Waals surface area contributed by atoms with Gasteiger partial charge in [0.05, 0.1) is 17.6 Å². The van der Waals surface area contributed by atoms with Crippen LogP contribution in [0.1, 0.15) is 23.1 Å². The molecule has 0 unspecified atom stereocenters. The summed E-state index contributed by atoms with van der Waals surface area (Å²) in [7, 11) is 0. The van der Waals surface area contributed by atoms with Gasteiger partial charge < -0.3 is 14.4 Å². The molecule has 0 spiro atoms. The van der Waals surface area contributed by atoms with Crippen molar-refractivity contribution in [2.45, 2.75) is 19.6 Å². The fourth-order valence-electron chi connectivity index (χ4n) is 3.28. The minimum absolute atomic E-state index is 0.498. The maximum Gasteiger partial charge on any atom is 0.143 e. The lowest BCUT2D eigenvalue weighted by molar-refractivity contribution is 0.201. The average Bonchev–Trinajstić information content (AvgIpc) is 3.07. The van der Waals surface area contributed by atoms with Crippen LogP contribution in [0, 0.1) is 6.92 Å². The van der Waals surface area contributed by atoms with Crippen LogP contribution >= 0.6 is 0 Å². The summed E-state index contributed by atoms with van der Waals surface area (Å²) in [5.41, 5.74) is 3.86. The van der Waals surface area contributed by atoms with Crippen molar-refractivity contribution in [2.24, 2.45) is 0 Å². The van der Waals surface area contributed by atoms with Crippen molar-refractivity contribution in [1.29, 1.82) is 0 Å². The molecule has 1 heterocycles. The van der Waals surface area contributed by atoms with Gasteiger partial charge in [-0.3, -0.25) is 0 Å². The normalized spacial score (nSPS) is 12.2. The number of hydrogen-bond acceptors (Lipinski definition) is 3. The van der Waals surface area contributed by atoms with Gasteiger partial charge in [-0.2, -0.15) is 0 Å². The average molecular weight is 358 g/mol. The van der Waals surface area contributed by atoms with E-state index in [9.17, 15) is 5.11 Å². The largest absolute Gasteiger partial charge is 0.492 e. The Morgan fingerprint density at radius 2 is 1.74 bits per heavy atom. The number of hydrogen-bond donors (Lipinski definition) is 1. The number of aliphatic hydroxyl groups is 1. The monoisotopic (exact) mass is 358 g/mol. The van der Waals surface area contributed by atoms with Crippen LogP contribution < -0.4 is 4.74 Å². The van der Waals surface area contributed by atoms with Crippen molar-refractivity contribution in [2.75, 3.05) is 6.61 Å². The molecule has 4 aromatic rings. The standard InChI is InChI=1S/C23H22N2O2/c1-17-8-7-11-19(16-17)27-15-14-25-21-13-6-5-12-20(21)24-23(25)22(26)18-9-3-2-4-10-18/h2-13,16,22,26H,14-15H2,1H3/t22-/m0/s1. The number of aromatic nitrogens is 2. The third-order valence-corrected chi connectivity index (χ3v) is 4.62. The van der Waals surface area contributed by atoms with E-state index in [4.69, 9.17) is 4.74 Å². The number of nitrogens with zero attached hydrogens (tertiary/aromatic N) is 2. The lowest BCUT2D eigenvalue weighted by Crippen LogP contribution is -2.14. The molecule has 0 bridgehead atoms. The minimum atomic E-state index is -0.780. The van der Waals surface area contributed by atoms with E-state index in [-0.39, 0.29) is 0 Å². The molecule has 27 heavy (non-hydrogen) atoms. The molecule has 0 saturated carbocycles. The maximum atomic E-state index is 10.9. The fraction of sp³-hybridized carbons (Fsp3) is 0.174. The first-order valence-corrected chi connectivity index (χ1v) is 9.10. The fourth-order valence-corrected chi connectivity index (χ4v) is 3.28. The van der Waals surface area contributed by atoms with Crippen LogP contribution in [0.3, 0.4) is 0 Å². The molecule has 136 valence electrons. The summed E-state index contributed by atoms with van der Waals surface area (Å²) in [5.74, 6) is 1.49. The maximum absolute atomic E-state index is 10.9. The van der Waals surface area contributed by atoms with Crippen LogP contribution in [0.15, 0.2) is 78.9 Å². The summed E-state index contributed by atoms with van der Waals surface area (Å²) in [6.07, 6.45) is -0.780. The van der Waals surface area contributed by atoms with E-state index in [0.717, 1.165) is 22.3 Å². The van der Waals surface area contributed by atoms with Gasteiger partial charge in [0.25, 0.3) is 0 Å². The van der Waals surface area contributed by atoms with Gasteiger partial charge in [0.2, 0.25) is 0 Å². The topological polar surface area (TPSA) is 47.3 Å². The third kappa shape index (κ3) is 3.71. The molecule has 4 heteroatoms. The second-order valence-corrected chi connectivity index (χ2v) is 6.59. The molecule has 4 rings (SSSR count). The SMILES string of the molecule is Cc1cccc(OCCn2c([C@@H](O)c3ccccc3)nc3ccccc32)c1. The number of aryl methyl sites for hydroxylation is 1. The van der Waals surface area contributed by atoms with E-state index in [0.29, 0.717) is 19.0 Å². The Morgan fingerprint density at radius 3 is 2.56 bits per heavy atom. The predicted octanol–water partition coefficient (Wildman–Crippen LogP) is 4.51. The number of benzene rings is 3. The smallest absolute Gasteiger partial charge is 0.143 e. The van der Waals surface area contributed by atoms with E-state index in [1.54, 1.807) is 0 Å². The lowest BCUT2D eigenvalue weighted by atomic mass is 10.1. The number of fused-ring (bicyclic) bond motifs is 1. The van der Waals surface area contributed by atoms with Crippen molar-refractivity contribution in [1.82, 2.24) is 9.55 Å². The first-order chi connectivity index (χ1) is 13.2. The highest BCUT2D eigenvalue weighted by Crippen LogP contribution is 2.25. The summed E-state index contributed by atoms with van der Waals surface area (Å²) >= 11 is 0. The second-order valence-electron chi connectivity index (χ2n) is 6.59. The van der Waals surface area contributed by atoms with E-state index < -0.39 is 6.10 Å². The van der Waals surface area contributed by atoms with Crippen LogP contribution in [-0.2, 0) is 6.54 Å². The molecule has 0 amide bonds. The van der Waals surface area contributed by atoms with Gasteiger partial charge in [-0.05, 0) is 42.3 Å². The number of rotatable bonds is 6. The van der Waals surface area contributed by atoms with Crippen LogP contribution in [0.25, 0.3) is 11.0 Å². The molecular formula is C23H22N2O2. The molecule has 0 radical (unpaired) electrons. The van der Waals surface area contributed by atoms with Crippen LogP contribution in [-0.4, -0.2) is 21.3 Å². The zero-order chi connectivity index (χ0) is 18.6. The van der Waals surface area contributed by atoms with Crippen molar-refractivity contribution in [3.05, 3.63) is 95.8 Å². The van der Waals surface area contributed by atoms with Crippen LogP contribution in [0.5, 0.6) is 5.75 Å². The first-order valence-electron chi connectivity index (χ1n) is 9.10. The number of ether oxygens (including phenoxy) is 1.